The molecule has 1 heterocycles. The van der Waals surface area contributed by atoms with Crippen LogP contribution in [0.3, 0.4) is 0 Å². The number of carbonyl (C=O) groups is 2. The lowest BCUT2D eigenvalue weighted by atomic mass is 10.0. The summed E-state index contributed by atoms with van der Waals surface area (Å²) in [6.07, 6.45) is 4.26. The van der Waals surface area contributed by atoms with Crippen molar-refractivity contribution in [2.75, 3.05) is 5.32 Å². The van der Waals surface area contributed by atoms with E-state index in [4.69, 9.17) is 10.2 Å². The number of nitrogens with two attached hydrogens (primary N) is 1. The molecule has 1 aliphatic carbocycles. The van der Waals surface area contributed by atoms with Crippen LogP contribution in [0.5, 0.6) is 0 Å². The maximum atomic E-state index is 12.1. The third-order valence-corrected chi connectivity index (χ3v) is 4.33. The van der Waals surface area contributed by atoms with Crippen molar-refractivity contribution < 1.29 is 14.0 Å². The van der Waals surface area contributed by atoms with Crippen molar-refractivity contribution in [1.82, 2.24) is 5.32 Å². The first-order chi connectivity index (χ1) is 11.6. The van der Waals surface area contributed by atoms with Crippen LogP contribution in [-0.4, -0.2) is 17.9 Å². The third-order valence-electron chi connectivity index (χ3n) is 4.33. The number of furan rings is 1. The molecule has 25 heavy (non-hydrogen) atoms. The van der Waals surface area contributed by atoms with Gasteiger partial charge in [0.15, 0.2) is 5.76 Å². The van der Waals surface area contributed by atoms with E-state index >= 15 is 0 Å². The lowest BCUT2D eigenvalue weighted by Crippen LogP contribution is -2.38. The van der Waals surface area contributed by atoms with Crippen molar-refractivity contribution in [1.29, 1.82) is 0 Å². The normalized spacial score (nSPS) is 19.1. The second-order valence-corrected chi connectivity index (χ2v) is 6.05. The molecule has 1 aliphatic rings. The minimum absolute atomic E-state index is 0. The van der Waals surface area contributed by atoms with Gasteiger partial charge in [-0.05, 0) is 42.7 Å². The average Bonchev–Trinajstić information content (AvgIpc) is 3.25. The van der Waals surface area contributed by atoms with Gasteiger partial charge in [-0.25, -0.2) is 0 Å². The molecule has 4 N–H and O–H groups in total. The van der Waals surface area contributed by atoms with E-state index in [0.29, 0.717) is 12.2 Å². The Hall–Kier alpha value is -2.31. The highest BCUT2D eigenvalue weighted by atomic mass is 35.5. The molecule has 0 aliphatic heterocycles. The summed E-state index contributed by atoms with van der Waals surface area (Å²) >= 11 is 0. The molecule has 0 saturated heterocycles. The van der Waals surface area contributed by atoms with E-state index in [9.17, 15) is 9.59 Å². The molecule has 1 aromatic heterocycles. The minimum Gasteiger partial charge on any atom is -0.459 e. The van der Waals surface area contributed by atoms with Crippen molar-refractivity contribution in [3.63, 3.8) is 0 Å². The number of rotatable bonds is 5. The Morgan fingerprint density at radius 3 is 2.52 bits per heavy atom. The largest absolute Gasteiger partial charge is 0.459 e. The zero-order valence-corrected chi connectivity index (χ0v) is 14.6. The molecule has 6 nitrogen and oxygen atoms in total. The first-order valence-corrected chi connectivity index (χ1v) is 8.10. The van der Waals surface area contributed by atoms with Crippen molar-refractivity contribution in [3.05, 3.63) is 54.0 Å². The van der Waals surface area contributed by atoms with Gasteiger partial charge in [-0.2, -0.15) is 0 Å². The Bertz CT molecular complexity index is 701. The monoisotopic (exact) mass is 363 g/mol. The van der Waals surface area contributed by atoms with Crippen molar-refractivity contribution in [2.45, 2.75) is 31.8 Å². The molecular formula is C18H22ClN3O3. The summed E-state index contributed by atoms with van der Waals surface area (Å²) in [6.45, 7) is 0.453. The van der Waals surface area contributed by atoms with Crippen LogP contribution in [0.4, 0.5) is 5.69 Å². The molecule has 7 heteroatoms. The third kappa shape index (κ3) is 4.84. The number of carbonyl (C=O) groups excluding carboxylic acids is 2. The summed E-state index contributed by atoms with van der Waals surface area (Å²) < 4.78 is 5.04. The number of nitrogens with one attached hydrogen (secondary N) is 2. The van der Waals surface area contributed by atoms with Crippen LogP contribution < -0.4 is 16.4 Å². The standard InChI is InChI=1S/C18H21N3O3.ClH/c19-15-4-1-3-14(15)17(22)20-11-12-6-8-13(9-7-12)21-18(23)16-5-2-10-24-16;/h2,5-10,14-15H,1,3-4,11,19H2,(H,20,22)(H,21,23);1H. The van der Waals surface area contributed by atoms with E-state index in [1.165, 1.54) is 6.26 Å². The van der Waals surface area contributed by atoms with E-state index in [2.05, 4.69) is 10.6 Å². The lowest BCUT2D eigenvalue weighted by Gasteiger charge is -2.15. The Morgan fingerprint density at radius 1 is 1.16 bits per heavy atom. The zero-order chi connectivity index (χ0) is 16.9. The fourth-order valence-electron chi connectivity index (χ4n) is 2.94. The van der Waals surface area contributed by atoms with Crippen LogP contribution in [0.25, 0.3) is 0 Å². The molecule has 134 valence electrons. The maximum Gasteiger partial charge on any atom is 0.291 e. The Labute approximate surface area is 152 Å². The molecule has 1 fully saturated rings. The number of amides is 2. The maximum absolute atomic E-state index is 12.1. The number of halogens is 1. The van der Waals surface area contributed by atoms with Gasteiger partial charge in [-0.1, -0.05) is 18.6 Å². The average molecular weight is 364 g/mol. The predicted molar refractivity (Wildman–Crippen MR) is 97.5 cm³/mol. The summed E-state index contributed by atoms with van der Waals surface area (Å²) in [5.41, 5.74) is 7.58. The minimum atomic E-state index is -0.295. The summed E-state index contributed by atoms with van der Waals surface area (Å²) in [7, 11) is 0. The van der Waals surface area contributed by atoms with Crippen molar-refractivity contribution in [3.8, 4) is 0 Å². The smallest absolute Gasteiger partial charge is 0.291 e. The first-order valence-electron chi connectivity index (χ1n) is 8.10. The number of hydrogen-bond acceptors (Lipinski definition) is 4. The Balaban J connectivity index is 0.00000225. The predicted octanol–water partition coefficient (Wildman–Crippen LogP) is 2.70. The van der Waals surface area contributed by atoms with Crippen LogP contribution in [0.1, 0.15) is 35.4 Å². The van der Waals surface area contributed by atoms with Gasteiger partial charge in [0.2, 0.25) is 5.91 Å². The van der Waals surface area contributed by atoms with E-state index in [-0.39, 0.29) is 41.9 Å². The molecule has 2 amide bonds. The summed E-state index contributed by atoms with van der Waals surface area (Å²) in [5.74, 6) is -0.0810. The molecule has 0 bridgehead atoms. The van der Waals surface area contributed by atoms with Gasteiger partial charge >= 0.3 is 0 Å². The van der Waals surface area contributed by atoms with Crippen molar-refractivity contribution >= 4 is 29.9 Å². The topological polar surface area (TPSA) is 97.4 Å². The van der Waals surface area contributed by atoms with Gasteiger partial charge in [-0.3, -0.25) is 9.59 Å². The van der Waals surface area contributed by atoms with Crippen LogP contribution >= 0.6 is 12.4 Å². The summed E-state index contributed by atoms with van der Waals surface area (Å²) in [5, 5.41) is 5.68. The highest BCUT2D eigenvalue weighted by molar-refractivity contribution is 6.02. The van der Waals surface area contributed by atoms with E-state index in [0.717, 1.165) is 24.8 Å². The molecule has 1 aromatic carbocycles. The molecular weight excluding hydrogens is 342 g/mol. The molecule has 2 unspecified atom stereocenters. The molecule has 0 spiro atoms. The van der Waals surface area contributed by atoms with Gasteiger partial charge in [0.05, 0.1) is 12.2 Å². The molecule has 0 radical (unpaired) electrons. The van der Waals surface area contributed by atoms with Gasteiger partial charge in [-0.15, -0.1) is 12.4 Å². The molecule has 2 aromatic rings. The first kappa shape index (κ1) is 19.0. The Morgan fingerprint density at radius 2 is 1.92 bits per heavy atom. The van der Waals surface area contributed by atoms with Gasteiger partial charge in [0.1, 0.15) is 0 Å². The number of hydrogen-bond donors (Lipinski definition) is 3. The van der Waals surface area contributed by atoms with Gasteiger partial charge in [0, 0.05) is 18.3 Å². The van der Waals surface area contributed by atoms with Crippen LogP contribution in [0.2, 0.25) is 0 Å². The molecule has 2 atom stereocenters. The highest BCUT2D eigenvalue weighted by Crippen LogP contribution is 2.24. The van der Waals surface area contributed by atoms with E-state index in [1.54, 1.807) is 24.3 Å². The molecule has 3 rings (SSSR count). The lowest BCUT2D eigenvalue weighted by molar-refractivity contribution is -0.125. The SMILES string of the molecule is Cl.NC1CCCC1C(=O)NCc1ccc(NC(=O)c2ccco2)cc1. The summed E-state index contributed by atoms with van der Waals surface area (Å²) in [4.78, 5) is 24.0. The van der Waals surface area contributed by atoms with Crippen molar-refractivity contribution in [2.24, 2.45) is 11.7 Å². The van der Waals surface area contributed by atoms with E-state index < -0.39 is 0 Å². The van der Waals surface area contributed by atoms with Gasteiger partial charge < -0.3 is 20.8 Å². The number of benzene rings is 1. The zero-order valence-electron chi connectivity index (χ0n) is 13.7. The Kier molecular flexibility index (Phi) is 6.61. The van der Waals surface area contributed by atoms with Crippen LogP contribution in [-0.2, 0) is 11.3 Å². The van der Waals surface area contributed by atoms with E-state index in [1.807, 2.05) is 12.1 Å². The van der Waals surface area contributed by atoms with Gasteiger partial charge in [0.25, 0.3) is 5.91 Å². The van der Waals surface area contributed by atoms with Crippen LogP contribution in [0.15, 0.2) is 47.1 Å². The highest BCUT2D eigenvalue weighted by Gasteiger charge is 2.29. The quantitative estimate of drug-likeness (QED) is 0.760. The second kappa shape index (κ2) is 8.69. The fraction of sp³-hybridized carbons (Fsp3) is 0.333. The number of anilines is 1. The fourth-order valence-corrected chi connectivity index (χ4v) is 2.94. The summed E-state index contributed by atoms with van der Waals surface area (Å²) in [6, 6.07) is 10.6. The molecule has 1 saturated carbocycles. The second-order valence-electron chi connectivity index (χ2n) is 6.05. The van der Waals surface area contributed by atoms with Crippen LogP contribution in [0, 0.1) is 5.92 Å².